The first-order chi connectivity index (χ1) is 8.62. The summed E-state index contributed by atoms with van der Waals surface area (Å²) in [6.07, 6.45) is 0. The van der Waals surface area contributed by atoms with Gasteiger partial charge in [-0.2, -0.15) is 0 Å². The number of ether oxygens (including phenoxy) is 2. The lowest BCUT2D eigenvalue weighted by atomic mass is 10.0. The number of aliphatic hydroxyl groups excluding tert-OH is 1. The van der Waals surface area contributed by atoms with Crippen LogP contribution in [0.5, 0.6) is 11.5 Å². The number of rotatable bonds is 7. The zero-order chi connectivity index (χ0) is 13.5. The maximum atomic E-state index is 9.28. The molecule has 0 radical (unpaired) electrons. The number of benzene rings is 1. The minimum Gasteiger partial charge on any atom is -0.497 e. The summed E-state index contributed by atoms with van der Waals surface area (Å²) < 4.78 is 10.5. The Hall–Kier alpha value is -1.26. The first-order valence-electron chi connectivity index (χ1n) is 6.17. The SMILES string of the molecule is COc1ccc(OC)c(CNC(CO)C(C)C)c1. The van der Waals surface area contributed by atoms with E-state index in [9.17, 15) is 5.11 Å². The highest BCUT2D eigenvalue weighted by atomic mass is 16.5. The van der Waals surface area contributed by atoms with Gasteiger partial charge in [-0.05, 0) is 24.1 Å². The third-order valence-electron chi connectivity index (χ3n) is 3.04. The van der Waals surface area contributed by atoms with Gasteiger partial charge < -0.3 is 19.9 Å². The molecule has 0 spiro atoms. The topological polar surface area (TPSA) is 50.7 Å². The summed E-state index contributed by atoms with van der Waals surface area (Å²) in [5.41, 5.74) is 1.02. The average Bonchev–Trinajstić information content (AvgIpc) is 2.38. The zero-order valence-corrected chi connectivity index (χ0v) is 11.6. The van der Waals surface area contributed by atoms with Gasteiger partial charge in [0.2, 0.25) is 0 Å². The van der Waals surface area contributed by atoms with Crippen molar-refractivity contribution >= 4 is 0 Å². The Balaban J connectivity index is 2.75. The van der Waals surface area contributed by atoms with Gasteiger partial charge in [-0.1, -0.05) is 13.8 Å². The molecule has 1 unspecified atom stereocenters. The van der Waals surface area contributed by atoms with E-state index in [4.69, 9.17) is 9.47 Å². The molecule has 1 rings (SSSR count). The van der Waals surface area contributed by atoms with Crippen LogP contribution in [0.3, 0.4) is 0 Å². The van der Waals surface area contributed by atoms with Crippen molar-refractivity contribution in [1.29, 1.82) is 0 Å². The molecule has 2 N–H and O–H groups in total. The molecule has 1 aromatic carbocycles. The van der Waals surface area contributed by atoms with Gasteiger partial charge in [-0.15, -0.1) is 0 Å². The summed E-state index contributed by atoms with van der Waals surface area (Å²) in [6.45, 7) is 4.93. The Morgan fingerprint density at radius 2 is 1.94 bits per heavy atom. The summed E-state index contributed by atoms with van der Waals surface area (Å²) in [7, 11) is 3.29. The summed E-state index contributed by atoms with van der Waals surface area (Å²) in [5.74, 6) is 2.01. The molecular weight excluding hydrogens is 230 g/mol. The number of nitrogens with one attached hydrogen (secondary N) is 1. The normalized spacial score (nSPS) is 12.6. The van der Waals surface area contributed by atoms with Crippen LogP contribution in [0.4, 0.5) is 0 Å². The van der Waals surface area contributed by atoms with Crippen molar-refractivity contribution in [1.82, 2.24) is 5.32 Å². The third-order valence-corrected chi connectivity index (χ3v) is 3.04. The molecule has 1 aromatic rings. The maximum absolute atomic E-state index is 9.28. The van der Waals surface area contributed by atoms with Crippen molar-refractivity contribution < 1.29 is 14.6 Å². The Kier molecular flexibility index (Phi) is 5.95. The van der Waals surface area contributed by atoms with Crippen LogP contribution in [0.2, 0.25) is 0 Å². The second-order valence-electron chi connectivity index (χ2n) is 4.59. The molecule has 102 valence electrons. The fourth-order valence-electron chi connectivity index (χ4n) is 1.77. The predicted octanol–water partition coefficient (Wildman–Crippen LogP) is 1.81. The van der Waals surface area contributed by atoms with E-state index in [1.165, 1.54) is 0 Å². The quantitative estimate of drug-likeness (QED) is 0.778. The molecule has 4 nitrogen and oxygen atoms in total. The highest BCUT2D eigenvalue weighted by Crippen LogP contribution is 2.24. The standard InChI is InChI=1S/C14H23NO3/c1-10(2)13(9-16)15-8-11-7-12(17-3)5-6-14(11)18-4/h5-7,10,13,15-16H,8-9H2,1-4H3. The van der Waals surface area contributed by atoms with Crippen LogP contribution in [0, 0.1) is 5.92 Å². The van der Waals surface area contributed by atoms with E-state index in [0.717, 1.165) is 17.1 Å². The molecule has 4 heteroatoms. The first kappa shape index (κ1) is 14.8. The van der Waals surface area contributed by atoms with E-state index in [-0.39, 0.29) is 12.6 Å². The van der Waals surface area contributed by atoms with Gasteiger partial charge in [-0.25, -0.2) is 0 Å². The van der Waals surface area contributed by atoms with E-state index in [1.807, 2.05) is 18.2 Å². The van der Waals surface area contributed by atoms with Crippen LogP contribution in [-0.2, 0) is 6.54 Å². The molecule has 0 saturated carbocycles. The van der Waals surface area contributed by atoms with E-state index >= 15 is 0 Å². The van der Waals surface area contributed by atoms with Crippen LogP contribution in [0.25, 0.3) is 0 Å². The van der Waals surface area contributed by atoms with Crippen LogP contribution in [0.1, 0.15) is 19.4 Å². The van der Waals surface area contributed by atoms with Crippen LogP contribution < -0.4 is 14.8 Å². The molecule has 18 heavy (non-hydrogen) atoms. The highest BCUT2D eigenvalue weighted by molar-refractivity contribution is 5.40. The van der Waals surface area contributed by atoms with E-state index < -0.39 is 0 Å². The molecule has 0 aliphatic carbocycles. The number of methoxy groups -OCH3 is 2. The lowest BCUT2D eigenvalue weighted by molar-refractivity contribution is 0.209. The Labute approximate surface area is 109 Å². The molecule has 0 heterocycles. The van der Waals surface area contributed by atoms with Crippen molar-refractivity contribution in [2.75, 3.05) is 20.8 Å². The van der Waals surface area contributed by atoms with Crippen molar-refractivity contribution in [3.8, 4) is 11.5 Å². The van der Waals surface area contributed by atoms with Crippen molar-refractivity contribution in [2.24, 2.45) is 5.92 Å². The molecule has 0 fully saturated rings. The van der Waals surface area contributed by atoms with Gasteiger partial charge in [0.1, 0.15) is 11.5 Å². The lowest BCUT2D eigenvalue weighted by Gasteiger charge is -2.21. The van der Waals surface area contributed by atoms with Gasteiger partial charge in [0, 0.05) is 18.2 Å². The third kappa shape index (κ3) is 3.89. The molecule has 1 atom stereocenters. The van der Waals surface area contributed by atoms with Gasteiger partial charge in [0.05, 0.1) is 20.8 Å². The number of aliphatic hydroxyl groups is 1. The maximum Gasteiger partial charge on any atom is 0.123 e. The molecule has 0 aromatic heterocycles. The molecular formula is C14H23NO3. The first-order valence-corrected chi connectivity index (χ1v) is 6.17. The zero-order valence-electron chi connectivity index (χ0n) is 11.6. The van der Waals surface area contributed by atoms with Crippen molar-refractivity contribution in [3.63, 3.8) is 0 Å². The summed E-state index contributed by atoms with van der Waals surface area (Å²) in [6, 6.07) is 5.79. The minimum atomic E-state index is 0.0842. The van der Waals surface area contributed by atoms with Gasteiger partial charge in [0.15, 0.2) is 0 Å². The molecule has 0 aliphatic rings. The molecule has 0 aliphatic heterocycles. The summed E-state index contributed by atoms with van der Waals surface area (Å²) >= 11 is 0. The van der Waals surface area contributed by atoms with Crippen LogP contribution >= 0.6 is 0 Å². The second kappa shape index (κ2) is 7.24. The van der Waals surface area contributed by atoms with E-state index in [0.29, 0.717) is 12.5 Å². The van der Waals surface area contributed by atoms with Crippen LogP contribution in [0.15, 0.2) is 18.2 Å². The average molecular weight is 253 g/mol. The fourth-order valence-corrected chi connectivity index (χ4v) is 1.77. The van der Waals surface area contributed by atoms with Gasteiger partial charge in [0.25, 0.3) is 0 Å². The van der Waals surface area contributed by atoms with Crippen molar-refractivity contribution in [2.45, 2.75) is 26.4 Å². The number of hydrogen-bond donors (Lipinski definition) is 2. The summed E-state index contributed by atoms with van der Waals surface area (Å²) in [4.78, 5) is 0. The van der Waals surface area contributed by atoms with E-state index in [2.05, 4.69) is 19.2 Å². The molecule has 0 saturated heterocycles. The molecule has 0 bridgehead atoms. The predicted molar refractivity (Wildman–Crippen MR) is 72.1 cm³/mol. The molecule has 0 amide bonds. The Morgan fingerprint density at radius 1 is 1.22 bits per heavy atom. The Bertz CT molecular complexity index is 366. The van der Waals surface area contributed by atoms with Crippen LogP contribution in [-0.4, -0.2) is 32.0 Å². The van der Waals surface area contributed by atoms with Gasteiger partial charge >= 0.3 is 0 Å². The fraction of sp³-hybridized carbons (Fsp3) is 0.571. The number of hydrogen-bond acceptors (Lipinski definition) is 4. The monoisotopic (exact) mass is 253 g/mol. The highest BCUT2D eigenvalue weighted by Gasteiger charge is 2.12. The smallest absolute Gasteiger partial charge is 0.123 e. The minimum absolute atomic E-state index is 0.0842. The van der Waals surface area contributed by atoms with Gasteiger partial charge in [-0.3, -0.25) is 0 Å². The largest absolute Gasteiger partial charge is 0.497 e. The Morgan fingerprint density at radius 3 is 2.44 bits per heavy atom. The lowest BCUT2D eigenvalue weighted by Crippen LogP contribution is -2.36. The van der Waals surface area contributed by atoms with E-state index in [1.54, 1.807) is 14.2 Å². The summed E-state index contributed by atoms with van der Waals surface area (Å²) in [5, 5.41) is 12.6. The van der Waals surface area contributed by atoms with Crippen molar-refractivity contribution in [3.05, 3.63) is 23.8 Å². The second-order valence-corrected chi connectivity index (χ2v) is 4.59.